The molecule has 0 unspecified atom stereocenters. The summed E-state index contributed by atoms with van der Waals surface area (Å²) in [6, 6.07) is 7.54. The molecule has 0 radical (unpaired) electrons. The molecule has 0 saturated heterocycles. The van der Waals surface area contributed by atoms with Gasteiger partial charge in [0.2, 0.25) is 0 Å². The van der Waals surface area contributed by atoms with Crippen LogP contribution in [0.5, 0.6) is 0 Å². The maximum atomic E-state index is 12.1. The molecular weight excluding hydrogens is 362 g/mol. The van der Waals surface area contributed by atoms with Gasteiger partial charge in [0.15, 0.2) is 9.84 Å². The molecule has 2 N–H and O–H groups in total. The molecule has 0 spiro atoms. The Labute approximate surface area is 132 Å². The molecule has 1 saturated carbocycles. The zero-order valence-corrected chi connectivity index (χ0v) is 14.4. The van der Waals surface area contributed by atoms with Crippen LogP contribution in [0.1, 0.15) is 11.5 Å². The van der Waals surface area contributed by atoms with E-state index in [0.29, 0.717) is 0 Å². The van der Waals surface area contributed by atoms with Crippen LogP contribution in [-0.2, 0) is 14.6 Å². The molecular formula is C13H16BrNO3S2. The lowest BCUT2D eigenvalue weighted by Gasteiger charge is -2.15. The van der Waals surface area contributed by atoms with E-state index in [2.05, 4.69) is 15.9 Å². The summed E-state index contributed by atoms with van der Waals surface area (Å²) in [5, 5.41) is -0.617. The fourth-order valence-corrected chi connectivity index (χ4v) is 5.52. The van der Waals surface area contributed by atoms with Gasteiger partial charge in [-0.05, 0) is 17.7 Å². The van der Waals surface area contributed by atoms with Crippen molar-refractivity contribution in [2.75, 3.05) is 20.0 Å². The third-order valence-corrected chi connectivity index (χ3v) is 6.31. The maximum absolute atomic E-state index is 12.1. The summed E-state index contributed by atoms with van der Waals surface area (Å²) in [5.74, 6) is -0.247. The van der Waals surface area contributed by atoms with Crippen molar-refractivity contribution < 1.29 is 13.2 Å². The highest BCUT2D eigenvalue weighted by atomic mass is 79.9. The minimum atomic E-state index is -3.27. The Kier molecular flexibility index (Phi) is 4.26. The summed E-state index contributed by atoms with van der Waals surface area (Å²) in [5.41, 5.74) is 5.95. The van der Waals surface area contributed by atoms with Crippen LogP contribution in [0.3, 0.4) is 0 Å². The van der Waals surface area contributed by atoms with E-state index in [-0.39, 0.29) is 17.5 Å². The molecule has 3 atom stereocenters. The molecule has 2 rings (SSSR count). The molecule has 0 aromatic heterocycles. The third kappa shape index (κ3) is 2.52. The fraction of sp³-hybridized carbons (Fsp3) is 0.462. The Morgan fingerprint density at radius 1 is 1.45 bits per heavy atom. The first-order valence-electron chi connectivity index (χ1n) is 5.98. The second-order valence-electron chi connectivity index (χ2n) is 5.12. The van der Waals surface area contributed by atoms with Gasteiger partial charge in [-0.1, -0.05) is 40.3 Å². The van der Waals surface area contributed by atoms with E-state index in [1.165, 1.54) is 13.4 Å². The lowest BCUT2D eigenvalue weighted by Crippen LogP contribution is -2.32. The van der Waals surface area contributed by atoms with Crippen molar-refractivity contribution in [1.82, 2.24) is 0 Å². The summed E-state index contributed by atoms with van der Waals surface area (Å²) < 4.78 is 30.2. The average molecular weight is 378 g/mol. The van der Waals surface area contributed by atoms with E-state index in [4.69, 9.17) is 22.7 Å². The molecule has 4 nitrogen and oxygen atoms in total. The van der Waals surface area contributed by atoms with Gasteiger partial charge in [0.1, 0.15) is 0 Å². The van der Waals surface area contributed by atoms with Gasteiger partial charge in [0.05, 0.1) is 22.3 Å². The highest BCUT2D eigenvalue weighted by Gasteiger charge is 2.71. The van der Waals surface area contributed by atoms with E-state index in [0.717, 1.165) is 10.0 Å². The third-order valence-electron chi connectivity index (χ3n) is 3.79. The largest absolute Gasteiger partial charge is 0.393 e. The number of ether oxygens (including phenoxy) is 1. The predicted molar refractivity (Wildman–Crippen MR) is 86.6 cm³/mol. The van der Waals surface area contributed by atoms with Crippen LogP contribution >= 0.6 is 28.1 Å². The molecule has 7 heteroatoms. The van der Waals surface area contributed by atoms with Crippen molar-refractivity contribution in [2.24, 2.45) is 11.1 Å². The van der Waals surface area contributed by atoms with Crippen LogP contribution in [0.2, 0.25) is 0 Å². The number of nitrogens with two attached hydrogens (primary N) is 1. The van der Waals surface area contributed by atoms with E-state index in [9.17, 15) is 8.42 Å². The monoisotopic (exact) mass is 377 g/mol. The van der Waals surface area contributed by atoms with Crippen molar-refractivity contribution >= 4 is 43.0 Å². The number of hydrogen-bond donors (Lipinski definition) is 1. The summed E-state index contributed by atoms with van der Waals surface area (Å²) in [4.78, 5) is 0.197. The number of hydrogen-bond acceptors (Lipinski definition) is 4. The Morgan fingerprint density at radius 3 is 2.40 bits per heavy atom. The van der Waals surface area contributed by atoms with Crippen LogP contribution < -0.4 is 5.73 Å². The topological polar surface area (TPSA) is 69.4 Å². The molecule has 0 bridgehead atoms. The highest BCUT2D eigenvalue weighted by molar-refractivity contribution is 9.10. The number of rotatable bonds is 5. The lowest BCUT2D eigenvalue weighted by molar-refractivity contribution is 0.166. The van der Waals surface area contributed by atoms with Crippen molar-refractivity contribution in [3.63, 3.8) is 0 Å². The van der Waals surface area contributed by atoms with Gasteiger partial charge in [-0.15, -0.1) is 0 Å². The van der Waals surface area contributed by atoms with Gasteiger partial charge in [0.25, 0.3) is 0 Å². The Bertz CT molecular complexity index is 630. The fourth-order valence-electron chi connectivity index (χ4n) is 2.95. The molecule has 1 aromatic rings. The minimum Gasteiger partial charge on any atom is -0.393 e. The molecule has 20 heavy (non-hydrogen) atoms. The first-order chi connectivity index (χ1) is 9.25. The Balaban J connectivity index is 2.49. The highest BCUT2D eigenvalue weighted by Crippen LogP contribution is 2.63. The van der Waals surface area contributed by atoms with Crippen LogP contribution in [0.25, 0.3) is 0 Å². The van der Waals surface area contributed by atoms with Gasteiger partial charge < -0.3 is 10.5 Å². The normalized spacial score (nSPS) is 29.1. The second kappa shape index (κ2) is 5.36. The van der Waals surface area contributed by atoms with Crippen molar-refractivity contribution in [3.8, 4) is 0 Å². The zero-order chi connectivity index (χ0) is 15.1. The number of thiocarbonyl (C=S) groups is 1. The van der Waals surface area contributed by atoms with Crippen molar-refractivity contribution in [1.29, 1.82) is 0 Å². The van der Waals surface area contributed by atoms with Crippen LogP contribution in [0, 0.1) is 5.41 Å². The molecule has 0 aliphatic heterocycles. The van der Waals surface area contributed by atoms with E-state index in [1.54, 1.807) is 0 Å². The molecule has 1 aliphatic rings. The zero-order valence-electron chi connectivity index (χ0n) is 11.2. The van der Waals surface area contributed by atoms with Gasteiger partial charge in [-0.2, -0.15) is 0 Å². The summed E-state index contributed by atoms with van der Waals surface area (Å²) in [6.07, 6.45) is 1.22. The molecule has 1 aromatic carbocycles. The molecule has 1 fully saturated rings. The summed E-state index contributed by atoms with van der Waals surface area (Å²) in [6.45, 7) is 0.209. The molecule has 0 heterocycles. The van der Waals surface area contributed by atoms with Gasteiger partial charge in [-0.25, -0.2) is 8.42 Å². The number of halogens is 1. The molecule has 110 valence electrons. The molecule has 0 amide bonds. The summed E-state index contributed by atoms with van der Waals surface area (Å²) in [7, 11) is -1.75. The van der Waals surface area contributed by atoms with Crippen molar-refractivity contribution in [3.05, 3.63) is 34.3 Å². The number of methoxy groups -OCH3 is 1. The maximum Gasteiger partial charge on any atom is 0.152 e. The lowest BCUT2D eigenvalue weighted by atomic mass is 10.00. The number of sulfone groups is 1. The smallest absolute Gasteiger partial charge is 0.152 e. The van der Waals surface area contributed by atoms with E-state index < -0.39 is 20.5 Å². The quantitative estimate of drug-likeness (QED) is 0.793. The minimum absolute atomic E-state index is 0.197. The van der Waals surface area contributed by atoms with Gasteiger partial charge in [-0.3, -0.25) is 0 Å². The summed E-state index contributed by atoms with van der Waals surface area (Å²) >= 11 is 8.50. The predicted octanol–water partition coefficient (Wildman–Crippen LogP) is 1.88. The average Bonchev–Trinajstić information content (AvgIpc) is 3.01. The van der Waals surface area contributed by atoms with Gasteiger partial charge >= 0.3 is 0 Å². The SMILES string of the molecule is COC[C@]1(C(N)=S)[C@@H](c2ccc(Br)cc2)[C@@H]1S(C)(=O)=O. The van der Waals surface area contributed by atoms with E-state index in [1.807, 2.05) is 24.3 Å². The first kappa shape index (κ1) is 15.9. The van der Waals surface area contributed by atoms with Crippen LogP contribution in [0.4, 0.5) is 0 Å². The molecule has 1 aliphatic carbocycles. The Morgan fingerprint density at radius 2 is 2.00 bits per heavy atom. The van der Waals surface area contributed by atoms with Gasteiger partial charge in [0, 0.05) is 23.8 Å². The first-order valence-corrected chi connectivity index (χ1v) is 9.14. The Hall–Kier alpha value is -0.500. The van der Waals surface area contributed by atoms with E-state index >= 15 is 0 Å². The van der Waals surface area contributed by atoms with Crippen LogP contribution in [-0.4, -0.2) is 38.6 Å². The van der Waals surface area contributed by atoms with Crippen LogP contribution in [0.15, 0.2) is 28.7 Å². The standard InChI is InChI=1S/C13H16BrNO3S2/c1-18-7-13(12(15)19)10(11(13)20(2,16)17)8-3-5-9(14)6-4-8/h3-6,10-11H,7H2,1-2H3,(H2,15,19)/t10-,11-,13-/m0/s1. The number of benzene rings is 1. The van der Waals surface area contributed by atoms with Crippen molar-refractivity contribution in [2.45, 2.75) is 11.2 Å². The second-order valence-corrected chi connectivity index (χ2v) is 8.64.